The number of amides is 1. The summed E-state index contributed by atoms with van der Waals surface area (Å²) in [5.74, 6) is 0.311. The molecule has 23 heavy (non-hydrogen) atoms. The van der Waals surface area contributed by atoms with Crippen LogP contribution < -0.4 is 15.4 Å². The molecule has 0 bridgehead atoms. The third-order valence-corrected chi connectivity index (χ3v) is 3.93. The summed E-state index contributed by atoms with van der Waals surface area (Å²) in [5, 5.41) is 5.82. The molecule has 0 spiro atoms. The van der Waals surface area contributed by atoms with E-state index in [2.05, 4.69) is 26.6 Å². The van der Waals surface area contributed by atoms with Crippen molar-refractivity contribution in [2.45, 2.75) is 13.8 Å². The first-order valence-corrected chi connectivity index (χ1v) is 8.20. The van der Waals surface area contributed by atoms with Crippen molar-refractivity contribution in [3.8, 4) is 5.75 Å². The molecular weight excluding hydrogens is 376 g/mol. The van der Waals surface area contributed by atoms with E-state index in [1.54, 1.807) is 12.1 Å². The SMILES string of the molecule is Cc1ccc(NC(=S)NC(=O)COc2ccc(Br)cc2)cc1C. The highest BCUT2D eigenvalue weighted by Gasteiger charge is 2.06. The second-order valence-electron chi connectivity index (χ2n) is 5.04. The van der Waals surface area contributed by atoms with Crippen molar-refractivity contribution in [2.75, 3.05) is 11.9 Å². The van der Waals surface area contributed by atoms with Gasteiger partial charge >= 0.3 is 0 Å². The molecule has 2 aromatic rings. The van der Waals surface area contributed by atoms with Crippen LogP contribution in [-0.4, -0.2) is 17.6 Å². The zero-order valence-electron chi connectivity index (χ0n) is 12.9. The van der Waals surface area contributed by atoms with Crippen LogP contribution in [0, 0.1) is 13.8 Å². The molecule has 4 nitrogen and oxygen atoms in total. The maximum absolute atomic E-state index is 11.8. The minimum atomic E-state index is -0.311. The van der Waals surface area contributed by atoms with Crippen molar-refractivity contribution in [3.63, 3.8) is 0 Å². The first-order chi connectivity index (χ1) is 10.9. The lowest BCUT2D eigenvalue weighted by Gasteiger charge is -2.11. The molecule has 6 heteroatoms. The van der Waals surface area contributed by atoms with Gasteiger partial charge in [0.15, 0.2) is 11.7 Å². The van der Waals surface area contributed by atoms with Crippen LogP contribution in [-0.2, 0) is 4.79 Å². The average molecular weight is 393 g/mol. The van der Waals surface area contributed by atoms with Crippen molar-refractivity contribution in [3.05, 3.63) is 58.1 Å². The molecule has 0 atom stereocenters. The Bertz CT molecular complexity index is 717. The number of ether oxygens (including phenoxy) is 1. The van der Waals surface area contributed by atoms with Gasteiger partial charge in [0.1, 0.15) is 5.75 Å². The maximum Gasteiger partial charge on any atom is 0.264 e. The fourth-order valence-electron chi connectivity index (χ4n) is 1.82. The van der Waals surface area contributed by atoms with E-state index in [0.29, 0.717) is 5.75 Å². The summed E-state index contributed by atoms with van der Waals surface area (Å²) in [6, 6.07) is 13.1. The van der Waals surface area contributed by atoms with Gasteiger partial charge in [0.25, 0.3) is 5.91 Å². The molecule has 0 radical (unpaired) electrons. The number of thiocarbonyl (C=S) groups is 1. The van der Waals surface area contributed by atoms with E-state index in [0.717, 1.165) is 15.7 Å². The van der Waals surface area contributed by atoms with Gasteiger partial charge in [0.05, 0.1) is 0 Å². The molecule has 0 saturated heterocycles. The second kappa shape index (κ2) is 8.08. The molecule has 1 amide bonds. The number of benzene rings is 2. The predicted molar refractivity (Wildman–Crippen MR) is 99.9 cm³/mol. The number of anilines is 1. The molecule has 0 unspecified atom stereocenters. The fraction of sp³-hybridized carbons (Fsp3) is 0.176. The van der Waals surface area contributed by atoms with Crippen molar-refractivity contribution in [1.29, 1.82) is 0 Å². The highest BCUT2D eigenvalue weighted by atomic mass is 79.9. The molecule has 120 valence electrons. The molecule has 0 heterocycles. The quantitative estimate of drug-likeness (QED) is 0.773. The summed E-state index contributed by atoms with van der Waals surface area (Å²) in [6.45, 7) is 3.96. The van der Waals surface area contributed by atoms with Crippen molar-refractivity contribution < 1.29 is 9.53 Å². The van der Waals surface area contributed by atoms with Crippen LogP contribution in [0.25, 0.3) is 0 Å². The molecular formula is C17H17BrN2O2S. The molecule has 0 aromatic heterocycles. The Morgan fingerprint density at radius 2 is 1.83 bits per heavy atom. The van der Waals surface area contributed by atoms with Crippen LogP contribution in [0.5, 0.6) is 5.75 Å². The second-order valence-corrected chi connectivity index (χ2v) is 6.37. The van der Waals surface area contributed by atoms with Crippen molar-refractivity contribution >= 4 is 44.9 Å². The number of nitrogens with one attached hydrogen (secondary N) is 2. The maximum atomic E-state index is 11.8. The highest BCUT2D eigenvalue weighted by molar-refractivity contribution is 9.10. The minimum absolute atomic E-state index is 0.101. The van der Waals surface area contributed by atoms with Crippen LogP contribution in [0.4, 0.5) is 5.69 Å². The van der Waals surface area contributed by atoms with Crippen LogP contribution in [0.15, 0.2) is 46.9 Å². The lowest BCUT2D eigenvalue weighted by molar-refractivity contribution is -0.121. The summed E-state index contributed by atoms with van der Waals surface area (Å²) in [4.78, 5) is 11.8. The van der Waals surface area contributed by atoms with Gasteiger partial charge in [-0.1, -0.05) is 22.0 Å². The Balaban J connectivity index is 1.81. The average Bonchev–Trinajstić information content (AvgIpc) is 2.50. The van der Waals surface area contributed by atoms with Crippen LogP contribution >= 0.6 is 28.1 Å². The number of rotatable bonds is 4. The number of hydrogen-bond donors (Lipinski definition) is 2. The number of carbonyl (C=O) groups excluding carboxylic acids is 1. The Morgan fingerprint density at radius 1 is 1.13 bits per heavy atom. The largest absolute Gasteiger partial charge is 0.484 e. The summed E-state index contributed by atoms with van der Waals surface area (Å²) in [7, 11) is 0. The Morgan fingerprint density at radius 3 is 2.48 bits per heavy atom. The van der Waals surface area contributed by atoms with Gasteiger partial charge < -0.3 is 10.1 Å². The zero-order chi connectivity index (χ0) is 16.8. The smallest absolute Gasteiger partial charge is 0.264 e. The topological polar surface area (TPSA) is 50.4 Å². The summed E-state index contributed by atoms with van der Waals surface area (Å²) >= 11 is 8.47. The molecule has 0 saturated carbocycles. The Hall–Kier alpha value is -1.92. The van der Waals surface area contributed by atoms with Crippen LogP contribution in [0.3, 0.4) is 0 Å². The third kappa shape index (κ3) is 5.65. The molecule has 0 fully saturated rings. The molecule has 2 N–H and O–H groups in total. The Kier molecular flexibility index (Phi) is 6.12. The standard InChI is InChI=1S/C17H17BrN2O2S/c1-11-3-6-14(9-12(11)2)19-17(23)20-16(21)10-22-15-7-4-13(18)5-8-15/h3-9H,10H2,1-2H3,(H2,19,20,21,23). The molecule has 2 aromatic carbocycles. The van der Waals surface area contributed by atoms with Crippen LogP contribution in [0.1, 0.15) is 11.1 Å². The van der Waals surface area contributed by atoms with Crippen molar-refractivity contribution in [2.24, 2.45) is 0 Å². The summed E-state index contributed by atoms with van der Waals surface area (Å²) in [6.07, 6.45) is 0. The van der Waals surface area contributed by atoms with E-state index in [1.165, 1.54) is 5.56 Å². The highest BCUT2D eigenvalue weighted by Crippen LogP contribution is 2.16. The summed E-state index contributed by atoms with van der Waals surface area (Å²) < 4.78 is 6.34. The number of halogens is 1. The van der Waals surface area contributed by atoms with Gasteiger partial charge in [-0.3, -0.25) is 10.1 Å². The van der Waals surface area contributed by atoms with E-state index >= 15 is 0 Å². The monoisotopic (exact) mass is 392 g/mol. The van der Waals surface area contributed by atoms with E-state index in [-0.39, 0.29) is 17.6 Å². The van der Waals surface area contributed by atoms with Gasteiger partial charge in [0, 0.05) is 10.2 Å². The zero-order valence-corrected chi connectivity index (χ0v) is 15.3. The van der Waals surface area contributed by atoms with Gasteiger partial charge in [-0.05, 0) is 73.6 Å². The third-order valence-electron chi connectivity index (χ3n) is 3.20. The van der Waals surface area contributed by atoms with Gasteiger partial charge in [-0.25, -0.2) is 0 Å². The number of carbonyl (C=O) groups is 1. The fourth-order valence-corrected chi connectivity index (χ4v) is 2.32. The predicted octanol–water partition coefficient (Wildman–Crippen LogP) is 3.96. The first-order valence-electron chi connectivity index (χ1n) is 7.00. The lowest BCUT2D eigenvalue weighted by atomic mass is 10.1. The van der Waals surface area contributed by atoms with E-state index in [4.69, 9.17) is 17.0 Å². The van der Waals surface area contributed by atoms with Crippen LogP contribution in [0.2, 0.25) is 0 Å². The molecule has 0 aliphatic rings. The van der Waals surface area contributed by atoms with Gasteiger partial charge in [-0.2, -0.15) is 0 Å². The Labute approximate surface area is 149 Å². The van der Waals surface area contributed by atoms with Gasteiger partial charge in [-0.15, -0.1) is 0 Å². The van der Waals surface area contributed by atoms with E-state index in [9.17, 15) is 4.79 Å². The minimum Gasteiger partial charge on any atom is -0.484 e. The summed E-state index contributed by atoms with van der Waals surface area (Å²) in [5.41, 5.74) is 3.20. The number of aryl methyl sites for hydroxylation is 2. The number of hydrogen-bond acceptors (Lipinski definition) is 3. The lowest BCUT2D eigenvalue weighted by Crippen LogP contribution is -2.37. The molecule has 2 rings (SSSR count). The van der Waals surface area contributed by atoms with E-state index < -0.39 is 0 Å². The van der Waals surface area contributed by atoms with Crippen molar-refractivity contribution in [1.82, 2.24) is 5.32 Å². The van der Waals surface area contributed by atoms with Gasteiger partial charge in [0.2, 0.25) is 0 Å². The van der Waals surface area contributed by atoms with E-state index in [1.807, 2.05) is 44.2 Å². The normalized spacial score (nSPS) is 10.0. The first kappa shape index (κ1) is 17.4. The molecule has 0 aliphatic heterocycles. The molecule has 0 aliphatic carbocycles.